The quantitative estimate of drug-likeness (QED) is 0.848. The summed E-state index contributed by atoms with van der Waals surface area (Å²) >= 11 is 0. The lowest BCUT2D eigenvalue weighted by Crippen LogP contribution is -2.50. The SMILES string of the molecule is O=C(c1ccccc1OC(F)F)N1CCCC(N2CCCC2=O)C1. The number of amides is 2. The molecule has 2 fully saturated rings. The molecule has 0 N–H and O–H groups in total. The Morgan fingerprint density at radius 1 is 1.21 bits per heavy atom. The summed E-state index contributed by atoms with van der Waals surface area (Å²) in [5.74, 6) is -0.310. The lowest BCUT2D eigenvalue weighted by molar-refractivity contribution is -0.130. The normalized spacial score (nSPS) is 21.5. The molecule has 1 aromatic rings. The van der Waals surface area contributed by atoms with Crippen molar-refractivity contribution >= 4 is 11.8 Å². The number of alkyl halides is 2. The minimum absolute atomic E-state index is 0.0147. The van der Waals surface area contributed by atoms with Gasteiger partial charge in [-0.2, -0.15) is 8.78 Å². The van der Waals surface area contributed by atoms with Crippen LogP contribution in [0.15, 0.2) is 24.3 Å². The molecule has 2 amide bonds. The van der Waals surface area contributed by atoms with Gasteiger partial charge in [-0.15, -0.1) is 0 Å². The van der Waals surface area contributed by atoms with Crippen LogP contribution in [0.3, 0.4) is 0 Å². The second kappa shape index (κ2) is 7.15. The van der Waals surface area contributed by atoms with Crippen LogP contribution in [0.25, 0.3) is 0 Å². The van der Waals surface area contributed by atoms with Gasteiger partial charge in [0.1, 0.15) is 5.75 Å². The first-order chi connectivity index (χ1) is 11.6. The van der Waals surface area contributed by atoms with Gasteiger partial charge in [0.2, 0.25) is 5.91 Å². The van der Waals surface area contributed by atoms with Gasteiger partial charge in [0.05, 0.1) is 5.56 Å². The molecule has 0 radical (unpaired) electrons. The fourth-order valence-electron chi connectivity index (χ4n) is 3.46. The molecule has 2 aliphatic heterocycles. The molecule has 0 spiro atoms. The molecule has 24 heavy (non-hydrogen) atoms. The van der Waals surface area contributed by atoms with Gasteiger partial charge in [-0.05, 0) is 31.4 Å². The van der Waals surface area contributed by atoms with E-state index in [-0.39, 0.29) is 29.2 Å². The molecule has 0 bridgehead atoms. The maximum absolute atomic E-state index is 12.7. The second-order valence-electron chi connectivity index (χ2n) is 6.11. The van der Waals surface area contributed by atoms with Crippen molar-refractivity contribution in [2.24, 2.45) is 0 Å². The molecular weight excluding hydrogens is 318 g/mol. The van der Waals surface area contributed by atoms with E-state index >= 15 is 0 Å². The van der Waals surface area contributed by atoms with Gasteiger partial charge < -0.3 is 14.5 Å². The van der Waals surface area contributed by atoms with Gasteiger partial charge in [0.25, 0.3) is 5.91 Å². The summed E-state index contributed by atoms with van der Waals surface area (Å²) in [7, 11) is 0. The van der Waals surface area contributed by atoms with Crippen LogP contribution in [0.4, 0.5) is 8.78 Å². The van der Waals surface area contributed by atoms with Crippen LogP contribution in [-0.2, 0) is 4.79 Å². The first-order valence-corrected chi connectivity index (χ1v) is 8.19. The van der Waals surface area contributed by atoms with E-state index in [0.29, 0.717) is 19.5 Å². The Labute approximate surface area is 139 Å². The second-order valence-corrected chi connectivity index (χ2v) is 6.11. The van der Waals surface area contributed by atoms with E-state index < -0.39 is 6.61 Å². The van der Waals surface area contributed by atoms with Crippen molar-refractivity contribution in [3.05, 3.63) is 29.8 Å². The average Bonchev–Trinajstić information content (AvgIpc) is 3.00. The monoisotopic (exact) mass is 338 g/mol. The molecule has 130 valence electrons. The third kappa shape index (κ3) is 3.49. The van der Waals surface area contributed by atoms with Crippen LogP contribution in [0.5, 0.6) is 5.75 Å². The molecule has 5 nitrogen and oxygen atoms in total. The maximum Gasteiger partial charge on any atom is 0.387 e. The number of carbonyl (C=O) groups is 2. The van der Waals surface area contributed by atoms with E-state index in [0.717, 1.165) is 25.8 Å². The lowest BCUT2D eigenvalue weighted by Gasteiger charge is -2.37. The van der Waals surface area contributed by atoms with Crippen molar-refractivity contribution in [3.8, 4) is 5.75 Å². The van der Waals surface area contributed by atoms with E-state index in [2.05, 4.69) is 4.74 Å². The number of hydrogen-bond acceptors (Lipinski definition) is 3. The fraction of sp³-hybridized carbons (Fsp3) is 0.529. The average molecular weight is 338 g/mol. The Morgan fingerprint density at radius 3 is 2.71 bits per heavy atom. The standard InChI is InChI=1S/C17H20F2N2O3/c18-17(19)24-14-7-2-1-6-13(14)16(23)20-9-3-5-12(11-20)21-10-4-8-15(21)22/h1-2,6-7,12,17H,3-5,8-11H2. The predicted octanol–water partition coefficient (Wildman–Crippen LogP) is 2.52. The van der Waals surface area contributed by atoms with E-state index in [1.54, 1.807) is 17.0 Å². The van der Waals surface area contributed by atoms with Crippen molar-refractivity contribution in [2.75, 3.05) is 19.6 Å². The highest BCUT2D eigenvalue weighted by Gasteiger charge is 2.33. The van der Waals surface area contributed by atoms with E-state index in [1.165, 1.54) is 12.1 Å². The number of halogens is 2. The van der Waals surface area contributed by atoms with Crippen LogP contribution < -0.4 is 4.74 Å². The molecule has 3 rings (SSSR count). The Kier molecular flexibility index (Phi) is 4.97. The first-order valence-electron chi connectivity index (χ1n) is 8.19. The minimum atomic E-state index is -2.98. The molecule has 0 aliphatic carbocycles. The van der Waals surface area contributed by atoms with Crippen LogP contribution in [0, 0.1) is 0 Å². The number of ether oxygens (including phenoxy) is 1. The van der Waals surface area contributed by atoms with Crippen molar-refractivity contribution in [2.45, 2.75) is 38.3 Å². The van der Waals surface area contributed by atoms with Crippen molar-refractivity contribution in [1.29, 1.82) is 0 Å². The van der Waals surface area contributed by atoms with Gasteiger partial charge in [0, 0.05) is 32.1 Å². The molecule has 2 saturated heterocycles. The number of hydrogen-bond donors (Lipinski definition) is 0. The Hall–Kier alpha value is -2.18. The van der Waals surface area contributed by atoms with Gasteiger partial charge in [-0.3, -0.25) is 9.59 Å². The summed E-state index contributed by atoms with van der Waals surface area (Å²) in [6, 6.07) is 6.05. The number of nitrogens with zero attached hydrogens (tertiary/aromatic N) is 2. The smallest absolute Gasteiger partial charge is 0.387 e. The van der Waals surface area contributed by atoms with Crippen LogP contribution in [0.2, 0.25) is 0 Å². The molecule has 2 aliphatic rings. The van der Waals surface area contributed by atoms with E-state index in [1.807, 2.05) is 4.90 Å². The number of piperidine rings is 1. The summed E-state index contributed by atoms with van der Waals surface area (Å²) in [6.45, 7) is -1.25. The molecule has 1 unspecified atom stereocenters. The van der Waals surface area contributed by atoms with Crippen LogP contribution in [-0.4, -0.2) is 53.9 Å². The Morgan fingerprint density at radius 2 is 2.00 bits per heavy atom. The third-order valence-electron chi connectivity index (χ3n) is 4.57. The molecule has 2 heterocycles. The summed E-state index contributed by atoms with van der Waals surface area (Å²) in [5, 5.41) is 0. The van der Waals surface area contributed by atoms with E-state index in [9.17, 15) is 18.4 Å². The molecule has 1 aromatic carbocycles. The van der Waals surface area contributed by atoms with Gasteiger partial charge >= 0.3 is 6.61 Å². The van der Waals surface area contributed by atoms with Gasteiger partial charge in [-0.25, -0.2) is 0 Å². The van der Waals surface area contributed by atoms with Gasteiger partial charge in [0.15, 0.2) is 0 Å². The number of likely N-dealkylation sites (tertiary alicyclic amines) is 2. The maximum atomic E-state index is 12.7. The number of benzene rings is 1. The Balaban J connectivity index is 1.74. The van der Waals surface area contributed by atoms with Gasteiger partial charge in [-0.1, -0.05) is 12.1 Å². The molecular formula is C17H20F2N2O3. The Bertz CT molecular complexity index is 624. The van der Waals surface area contributed by atoms with E-state index in [4.69, 9.17) is 0 Å². The largest absolute Gasteiger partial charge is 0.434 e. The number of rotatable bonds is 4. The van der Waals surface area contributed by atoms with Crippen molar-refractivity contribution in [3.63, 3.8) is 0 Å². The zero-order valence-electron chi connectivity index (χ0n) is 13.3. The molecule has 1 atom stereocenters. The fourth-order valence-corrected chi connectivity index (χ4v) is 3.46. The number of carbonyl (C=O) groups excluding carboxylic acids is 2. The summed E-state index contributed by atoms with van der Waals surface area (Å²) in [4.78, 5) is 28.1. The molecule has 7 heteroatoms. The highest BCUT2D eigenvalue weighted by Crippen LogP contribution is 2.26. The summed E-state index contributed by atoms with van der Waals surface area (Å²) in [6.07, 6.45) is 3.08. The van der Waals surface area contributed by atoms with Crippen LogP contribution in [0.1, 0.15) is 36.0 Å². The molecule has 0 aromatic heterocycles. The van der Waals surface area contributed by atoms with Crippen LogP contribution >= 0.6 is 0 Å². The van der Waals surface area contributed by atoms with Crippen molar-refractivity contribution < 1.29 is 23.1 Å². The van der Waals surface area contributed by atoms with Crippen molar-refractivity contribution in [1.82, 2.24) is 9.80 Å². The zero-order chi connectivity index (χ0) is 17.1. The zero-order valence-corrected chi connectivity index (χ0v) is 13.3. The molecule has 0 saturated carbocycles. The highest BCUT2D eigenvalue weighted by atomic mass is 19.3. The topological polar surface area (TPSA) is 49.9 Å². The summed E-state index contributed by atoms with van der Waals surface area (Å²) < 4.78 is 29.5. The number of para-hydroxylation sites is 1. The highest BCUT2D eigenvalue weighted by molar-refractivity contribution is 5.97. The lowest BCUT2D eigenvalue weighted by atomic mass is 10.0. The predicted molar refractivity (Wildman–Crippen MR) is 82.9 cm³/mol. The third-order valence-corrected chi connectivity index (χ3v) is 4.57. The minimum Gasteiger partial charge on any atom is -0.434 e. The summed E-state index contributed by atoms with van der Waals surface area (Å²) in [5.41, 5.74) is 0.131. The first kappa shape index (κ1) is 16.7.